The van der Waals surface area contributed by atoms with Crippen molar-refractivity contribution in [2.24, 2.45) is 0 Å². The van der Waals surface area contributed by atoms with Crippen molar-refractivity contribution in [2.45, 2.75) is 32.0 Å². The van der Waals surface area contributed by atoms with Crippen LogP contribution in [0.4, 0.5) is 13.2 Å². The summed E-state index contributed by atoms with van der Waals surface area (Å²) >= 11 is 0. The molecule has 0 radical (unpaired) electrons. The topological polar surface area (TPSA) is 57.6 Å². The molecule has 0 aliphatic heterocycles. The first-order valence-corrected chi connectivity index (χ1v) is 7.95. The molecule has 0 spiro atoms. The zero-order valence-corrected chi connectivity index (χ0v) is 12.6. The van der Waals surface area contributed by atoms with E-state index in [4.69, 9.17) is 0 Å². The van der Waals surface area contributed by atoms with Crippen molar-refractivity contribution in [3.8, 4) is 5.75 Å². The van der Waals surface area contributed by atoms with Gasteiger partial charge in [-0.05, 0) is 31.0 Å². The monoisotopic (exact) mass is 325 g/mol. The fourth-order valence-corrected chi connectivity index (χ4v) is 3.20. The van der Waals surface area contributed by atoms with Gasteiger partial charge in [-0.15, -0.1) is 0 Å². The van der Waals surface area contributed by atoms with E-state index in [9.17, 15) is 26.7 Å². The highest BCUT2D eigenvalue weighted by molar-refractivity contribution is 7.89. The summed E-state index contributed by atoms with van der Waals surface area (Å²) in [4.78, 5) is 0. The summed E-state index contributed by atoms with van der Waals surface area (Å²) in [5.41, 5.74) is 0.648. The van der Waals surface area contributed by atoms with Crippen molar-refractivity contribution < 1.29 is 26.7 Å². The van der Waals surface area contributed by atoms with Gasteiger partial charge in [-0.25, -0.2) is 8.42 Å². The Kier molecular flexibility index (Phi) is 5.63. The van der Waals surface area contributed by atoms with Crippen LogP contribution in [0.25, 0.3) is 0 Å². The van der Waals surface area contributed by atoms with Crippen LogP contribution < -0.4 is 0 Å². The summed E-state index contributed by atoms with van der Waals surface area (Å²) in [6.45, 7) is 1.63. The predicted octanol–water partition coefficient (Wildman–Crippen LogP) is 3.06. The Morgan fingerprint density at radius 1 is 1.24 bits per heavy atom. The van der Waals surface area contributed by atoms with Crippen LogP contribution in [0.3, 0.4) is 0 Å². The van der Waals surface area contributed by atoms with Crippen LogP contribution in [-0.4, -0.2) is 36.8 Å². The van der Waals surface area contributed by atoms with E-state index in [1.165, 1.54) is 19.2 Å². The molecule has 1 rings (SSSR count). The third kappa shape index (κ3) is 5.55. The van der Waals surface area contributed by atoms with Gasteiger partial charge in [-0.3, -0.25) is 0 Å². The van der Waals surface area contributed by atoms with Crippen LogP contribution >= 0.6 is 0 Å². The Morgan fingerprint density at radius 2 is 1.76 bits per heavy atom. The maximum atomic E-state index is 12.1. The molecule has 0 aliphatic carbocycles. The molecule has 1 aromatic rings. The van der Waals surface area contributed by atoms with Gasteiger partial charge in [0.05, 0.1) is 5.75 Å². The minimum atomic E-state index is -4.35. The van der Waals surface area contributed by atoms with Gasteiger partial charge < -0.3 is 5.11 Å². The van der Waals surface area contributed by atoms with Gasteiger partial charge in [0.15, 0.2) is 0 Å². The van der Waals surface area contributed by atoms with Crippen LogP contribution in [0.5, 0.6) is 5.75 Å². The Bertz CT molecular complexity index is 555. The predicted molar refractivity (Wildman–Crippen MR) is 73.4 cm³/mol. The average molecular weight is 325 g/mol. The van der Waals surface area contributed by atoms with E-state index in [1.807, 2.05) is 0 Å². The van der Waals surface area contributed by atoms with Crippen molar-refractivity contribution in [3.05, 3.63) is 29.8 Å². The first-order chi connectivity index (χ1) is 9.53. The standard InChI is InChI=1S/C13H18F3NO3S/c1-10(11-4-6-12(18)7-5-11)17(2)21(19,20)9-3-8-13(14,15)16/h4-7,10,18H,3,8-9H2,1-2H3. The third-order valence-corrected chi connectivity index (χ3v) is 5.22. The second-order valence-corrected chi connectivity index (χ2v) is 6.97. The molecular weight excluding hydrogens is 307 g/mol. The minimum Gasteiger partial charge on any atom is -0.508 e. The molecule has 1 atom stereocenters. The molecule has 0 aromatic heterocycles. The maximum Gasteiger partial charge on any atom is 0.389 e. The normalized spacial score (nSPS) is 14.4. The molecule has 1 aromatic carbocycles. The number of phenolic OH excluding ortho intramolecular Hbond substituents is 1. The molecule has 120 valence electrons. The number of halogens is 3. The highest BCUT2D eigenvalue weighted by Crippen LogP contribution is 2.25. The largest absolute Gasteiger partial charge is 0.508 e. The lowest BCUT2D eigenvalue weighted by atomic mass is 10.1. The molecule has 8 heteroatoms. The van der Waals surface area contributed by atoms with Crippen LogP contribution in [0.2, 0.25) is 0 Å². The van der Waals surface area contributed by atoms with E-state index >= 15 is 0 Å². The number of phenols is 1. The van der Waals surface area contributed by atoms with Crippen molar-refractivity contribution >= 4 is 10.0 Å². The number of hydrogen-bond donors (Lipinski definition) is 1. The molecule has 0 saturated carbocycles. The molecule has 0 aliphatic rings. The third-order valence-electron chi connectivity index (χ3n) is 3.22. The summed E-state index contributed by atoms with van der Waals surface area (Å²) in [5, 5.41) is 9.19. The summed E-state index contributed by atoms with van der Waals surface area (Å²) in [6.07, 6.45) is -5.93. The zero-order chi connectivity index (χ0) is 16.3. The van der Waals surface area contributed by atoms with E-state index in [1.54, 1.807) is 19.1 Å². The fourth-order valence-electron chi connectivity index (χ4n) is 1.80. The van der Waals surface area contributed by atoms with Crippen LogP contribution in [0.1, 0.15) is 31.4 Å². The first kappa shape index (κ1) is 17.8. The smallest absolute Gasteiger partial charge is 0.389 e. The van der Waals surface area contributed by atoms with Gasteiger partial charge in [-0.1, -0.05) is 12.1 Å². The number of nitrogens with zero attached hydrogens (tertiary/aromatic N) is 1. The van der Waals surface area contributed by atoms with Crippen molar-refractivity contribution in [2.75, 3.05) is 12.8 Å². The number of rotatable bonds is 6. The van der Waals surface area contributed by atoms with E-state index < -0.39 is 40.8 Å². The summed E-state index contributed by atoms with van der Waals surface area (Å²) in [7, 11) is -2.44. The second kappa shape index (κ2) is 6.65. The number of alkyl halides is 3. The molecule has 0 bridgehead atoms. The Morgan fingerprint density at radius 3 is 2.24 bits per heavy atom. The molecule has 0 heterocycles. The molecule has 4 nitrogen and oxygen atoms in total. The van der Waals surface area contributed by atoms with Gasteiger partial charge >= 0.3 is 6.18 Å². The lowest BCUT2D eigenvalue weighted by Gasteiger charge is -2.24. The zero-order valence-electron chi connectivity index (χ0n) is 11.8. The van der Waals surface area contributed by atoms with Gasteiger partial charge in [-0.2, -0.15) is 17.5 Å². The summed E-state index contributed by atoms with van der Waals surface area (Å²) in [5.74, 6) is -0.493. The summed E-state index contributed by atoms with van der Waals surface area (Å²) in [6, 6.07) is 5.47. The quantitative estimate of drug-likeness (QED) is 0.874. The van der Waals surface area contributed by atoms with Crippen molar-refractivity contribution in [1.29, 1.82) is 0 Å². The molecule has 0 amide bonds. The van der Waals surface area contributed by atoms with E-state index in [0.717, 1.165) is 4.31 Å². The fraction of sp³-hybridized carbons (Fsp3) is 0.538. The molecule has 0 fully saturated rings. The first-order valence-electron chi connectivity index (χ1n) is 6.34. The molecule has 1 N–H and O–H groups in total. The van der Waals surface area contributed by atoms with Gasteiger partial charge in [0.2, 0.25) is 10.0 Å². The SMILES string of the molecule is CC(c1ccc(O)cc1)N(C)S(=O)(=O)CCCC(F)(F)F. The lowest BCUT2D eigenvalue weighted by molar-refractivity contribution is -0.134. The van der Waals surface area contributed by atoms with Gasteiger partial charge in [0.1, 0.15) is 5.75 Å². The molecule has 1 unspecified atom stereocenters. The maximum absolute atomic E-state index is 12.1. The van der Waals surface area contributed by atoms with Crippen LogP contribution in [-0.2, 0) is 10.0 Å². The number of sulfonamides is 1. The average Bonchev–Trinajstić information content (AvgIpc) is 2.36. The van der Waals surface area contributed by atoms with Crippen molar-refractivity contribution in [3.63, 3.8) is 0 Å². The van der Waals surface area contributed by atoms with Crippen molar-refractivity contribution in [1.82, 2.24) is 4.31 Å². The number of aromatic hydroxyl groups is 1. The van der Waals surface area contributed by atoms with Gasteiger partial charge in [0.25, 0.3) is 0 Å². The van der Waals surface area contributed by atoms with Crippen LogP contribution in [0, 0.1) is 0 Å². The van der Waals surface area contributed by atoms with Gasteiger partial charge in [0, 0.05) is 19.5 Å². The number of benzene rings is 1. The molecular formula is C13H18F3NO3S. The Labute approximate surface area is 122 Å². The van der Waals surface area contributed by atoms with E-state index in [2.05, 4.69) is 0 Å². The molecule has 0 saturated heterocycles. The van der Waals surface area contributed by atoms with Crippen LogP contribution in [0.15, 0.2) is 24.3 Å². The lowest BCUT2D eigenvalue weighted by Crippen LogP contribution is -2.32. The Hall–Kier alpha value is -1.28. The highest BCUT2D eigenvalue weighted by Gasteiger charge is 2.29. The molecule has 21 heavy (non-hydrogen) atoms. The van der Waals surface area contributed by atoms with E-state index in [0.29, 0.717) is 5.56 Å². The minimum absolute atomic E-state index is 0.0571. The van der Waals surface area contributed by atoms with E-state index in [-0.39, 0.29) is 5.75 Å². The Balaban J connectivity index is 2.71. The second-order valence-electron chi connectivity index (χ2n) is 4.82. The highest BCUT2D eigenvalue weighted by atomic mass is 32.2. The summed E-state index contributed by atoms with van der Waals surface area (Å²) < 4.78 is 61.2. The number of hydrogen-bond acceptors (Lipinski definition) is 3.